The van der Waals surface area contributed by atoms with Crippen LogP contribution in [0.2, 0.25) is 0 Å². The molecule has 0 spiro atoms. The van der Waals surface area contributed by atoms with E-state index < -0.39 is 10.0 Å². The number of rotatable bonds is 5. The summed E-state index contributed by atoms with van der Waals surface area (Å²) >= 11 is 0. The topological polar surface area (TPSA) is 109 Å². The molecule has 0 aliphatic carbocycles. The molecule has 1 fully saturated rings. The van der Waals surface area contributed by atoms with Crippen LogP contribution in [0.3, 0.4) is 0 Å². The Kier molecular flexibility index (Phi) is 5.73. The number of hydrogen-bond donors (Lipinski definition) is 2. The maximum Gasteiger partial charge on any atom is 0.287 e. The smallest absolute Gasteiger partial charge is 0.287 e. The quantitative estimate of drug-likeness (QED) is 0.791. The van der Waals surface area contributed by atoms with E-state index in [1.807, 2.05) is 0 Å². The Balaban J connectivity index is 1.56. The first-order chi connectivity index (χ1) is 13.2. The zero-order chi connectivity index (χ0) is 20.3. The van der Waals surface area contributed by atoms with Crippen LogP contribution in [0.1, 0.15) is 39.5 Å². The number of piperidine rings is 1. The van der Waals surface area contributed by atoms with Gasteiger partial charge < -0.3 is 14.6 Å². The van der Waals surface area contributed by atoms with Gasteiger partial charge >= 0.3 is 0 Å². The molecule has 0 atom stereocenters. The molecule has 0 saturated carbocycles. The lowest BCUT2D eigenvalue weighted by molar-refractivity contribution is 0.0695. The molecule has 8 nitrogen and oxygen atoms in total. The average molecular weight is 405 g/mol. The number of sulfonamides is 1. The highest BCUT2D eigenvalue weighted by Gasteiger charge is 2.25. The van der Waals surface area contributed by atoms with E-state index in [2.05, 4.69) is 10.0 Å². The minimum atomic E-state index is -3.41. The SMILES string of the molecule is Cc1ccc(C(=O)NC2CCN(C(=O)c3cccc(NS(C)(=O)=O)c3)CC2)o1. The molecular weight excluding hydrogens is 382 g/mol. The Labute approximate surface area is 164 Å². The maximum absolute atomic E-state index is 12.7. The Hall–Kier alpha value is -2.81. The number of hydrogen-bond acceptors (Lipinski definition) is 5. The number of aryl methyl sites for hydroxylation is 1. The van der Waals surface area contributed by atoms with Crippen LogP contribution < -0.4 is 10.0 Å². The van der Waals surface area contributed by atoms with E-state index >= 15 is 0 Å². The number of amides is 2. The number of carbonyl (C=O) groups is 2. The normalized spacial score (nSPS) is 15.3. The van der Waals surface area contributed by atoms with Crippen LogP contribution in [0.4, 0.5) is 5.69 Å². The van der Waals surface area contributed by atoms with Gasteiger partial charge in [-0.15, -0.1) is 0 Å². The van der Waals surface area contributed by atoms with Crippen LogP contribution in [-0.2, 0) is 10.0 Å². The average Bonchev–Trinajstić information content (AvgIpc) is 3.07. The molecular formula is C19H23N3O5S. The third-order valence-corrected chi connectivity index (χ3v) is 5.10. The molecule has 2 N–H and O–H groups in total. The molecule has 0 radical (unpaired) electrons. The van der Waals surface area contributed by atoms with Crippen LogP contribution in [0.25, 0.3) is 0 Å². The van der Waals surface area contributed by atoms with Crippen LogP contribution in [-0.4, -0.2) is 50.5 Å². The lowest BCUT2D eigenvalue weighted by atomic mass is 10.0. The highest BCUT2D eigenvalue weighted by molar-refractivity contribution is 7.92. The van der Waals surface area contributed by atoms with Gasteiger partial charge in [-0.05, 0) is 50.1 Å². The second kappa shape index (κ2) is 8.05. The van der Waals surface area contributed by atoms with Crippen molar-refractivity contribution in [2.45, 2.75) is 25.8 Å². The maximum atomic E-state index is 12.7. The molecule has 1 aliphatic heterocycles. The largest absolute Gasteiger partial charge is 0.456 e. The minimum Gasteiger partial charge on any atom is -0.456 e. The number of nitrogens with one attached hydrogen (secondary N) is 2. The molecule has 1 aromatic heterocycles. The summed E-state index contributed by atoms with van der Waals surface area (Å²) in [6.45, 7) is 2.79. The van der Waals surface area contributed by atoms with Crippen molar-refractivity contribution >= 4 is 27.5 Å². The van der Waals surface area contributed by atoms with Gasteiger partial charge in [-0.25, -0.2) is 8.42 Å². The molecule has 9 heteroatoms. The monoisotopic (exact) mass is 405 g/mol. The van der Waals surface area contributed by atoms with Gasteiger partial charge in [0.15, 0.2) is 5.76 Å². The molecule has 2 amide bonds. The predicted molar refractivity (Wildman–Crippen MR) is 105 cm³/mol. The second-order valence-electron chi connectivity index (χ2n) is 6.91. The second-order valence-corrected chi connectivity index (χ2v) is 8.65. The standard InChI is InChI=1S/C19H23N3O5S/c1-13-6-7-17(27-13)18(23)20-15-8-10-22(11-9-15)19(24)14-4-3-5-16(12-14)21-28(2,25)26/h3-7,12,15,21H,8-11H2,1-2H3,(H,20,23). The summed E-state index contributed by atoms with van der Waals surface area (Å²) in [6, 6.07) is 9.76. The fraction of sp³-hybridized carbons (Fsp3) is 0.368. The van der Waals surface area contributed by atoms with Gasteiger partial charge in [-0.2, -0.15) is 0 Å². The van der Waals surface area contributed by atoms with Crippen LogP contribution in [0, 0.1) is 6.92 Å². The third kappa shape index (κ3) is 5.13. The molecule has 3 rings (SSSR count). The number of benzene rings is 1. The van der Waals surface area contributed by atoms with Crippen LogP contribution >= 0.6 is 0 Å². The van der Waals surface area contributed by atoms with Gasteiger partial charge in [0.05, 0.1) is 6.26 Å². The van der Waals surface area contributed by atoms with E-state index in [1.165, 1.54) is 6.07 Å². The zero-order valence-corrected chi connectivity index (χ0v) is 16.6. The molecule has 0 bridgehead atoms. The summed E-state index contributed by atoms with van der Waals surface area (Å²) in [5.74, 6) is 0.547. The Morgan fingerprint density at radius 3 is 2.46 bits per heavy atom. The van der Waals surface area contributed by atoms with E-state index in [0.717, 1.165) is 6.26 Å². The molecule has 28 heavy (non-hydrogen) atoms. The fourth-order valence-corrected chi connectivity index (χ4v) is 3.71. The molecule has 1 saturated heterocycles. The molecule has 2 aromatic rings. The number of anilines is 1. The van der Waals surface area contributed by atoms with Crippen molar-refractivity contribution in [2.24, 2.45) is 0 Å². The van der Waals surface area contributed by atoms with Crippen molar-refractivity contribution in [3.63, 3.8) is 0 Å². The Morgan fingerprint density at radius 2 is 1.86 bits per heavy atom. The predicted octanol–water partition coefficient (Wildman–Crippen LogP) is 1.99. The summed E-state index contributed by atoms with van der Waals surface area (Å²) in [7, 11) is -3.41. The van der Waals surface area contributed by atoms with E-state index in [0.29, 0.717) is 42.9 Å². The van der Waals surface area contributed by atoms with Gasteiger partial charge in [-0.1, -0.05) is 6.07 Å². The number of carbonyl (C=O) groups excluding carboxylic acids is 2. The third-order valence-electron chi connectivity index (χ3n) is 4.49. The lowest BCUT2D eigenvalue weighted by Gasteiger charge is -2.32. The Morgan fingerprint density at radius 1 is 1.14 bits per heavy atom. The van der Waals surface area contributed by atoms with Gasteiger partial charge in [-0.3, -0.25) is 14.3 Å². The molecule has 2 heterocycles. The highest BCUT2D eigenvalue weighted by atomic mass is 32.2. The first-order valence-electron chi connectivity index (χ1n) is 8.96. The minimum absolute atomic E-state index is 0.0276. The van der Waals surface area contributed by atoms with E-state index in [-0.39, 0.29) is 23.6 Å². The van der Waals surface area contributed by atoms with Crippen molar-refractivity contribution < 1.29 is 22.4 Å². The highest BCUT2D eigenvalue weighted by Crippen LogP contribution is 2.18. The van der Waals surface area contributed by atoms with E-state index in [4.69, 9.17) is 4.42 Å². The van der Waals surface area contributed by atoms with Crippen LogP contribution in [0.15, 0.2) is 40.8 Å². The van der Waals surface area contributed by atoms with Crippen molar-refractivity contribution in [3.05, 3.63) is 53.5 Å². The van der Waals surface area contributed by atoms with Gasteiger partial charge in [0.25, 0.3) is 11.8 Å². The van der Waals surface area contributed by atoms with Crippen molar-refractivity contribution in [1.82, 2.24) is 10.2 Å². The van der Waals surface area contributed by atoms with Gasteiger partial charge in [0.1, 0.15) is 5.76 Å². The summed E-state index contributed by atoms with van der Waals surface area (Å²) in [5.41, 5.74) is 0.770. The van der Waals surface area contributed by atoms with E-state index in [9.17, 15) is 18.0 Å². The first-order valence-corrected chi connectivity index (χ1v) is 10.8. The molecule has 150 valence electrons. The molecule has 1 aromatic carbocycles. The van der Waals surface area contributed by atoms with E-state index in [1.54, 1.807) is 42.2 Å². The van der Waals surface area contributed by atoms with Gasteiger partial charge in [0.2, 0.25) is 10.0 Å². The lowest BCUT2D eigenvalue weighted by Crippen LogP contribution is -2.46. The first kappa shape index (κ1) is 19.9. The van der Waals surface area contributed by atoms with Crippen molar-refractivity contribution in [2.75, 3.05) is 24.1 Å². The molecule has 1 aliphatic rings. The zero-order valence-electron chi connectivity index (χ0n) is 15.8. The number of nitrogens with zero attached hydrogens (tertiary/aromatic N) is 1. The van der Waals surface area contributed by atoms with Gasteiger partial charge in [0, 0.05) is 30.4 Å². The fourth-order valence-electron chi connectivity index (χ4n) is 3.15. The number of likely N-dealkylation sites (tertiary alicyclic amines) is 1. The summed E-state index contributed by atoms with van der Waals surface area (Å²) in [6.07, 6.45) is 2.33. The number of furan rings is 1. The molecule has 0 unspecified atom stereocenters. The van der Waals surface area contributed by atoms with Crippen molar-refractivity contribution in [1.29, 1.82) is 0 Å². The van der Waals surface area contributed by atoms with Crippen molar-refractivity contribution in [3.8, 4) is 0 Å². The summed E-state index contributed by atoms with van der Waals surface area (Å²) in [5, 5.41) is 2.94. The van der Waals surface area contributed by atoms with Crippen LogP contribution in [0.5, 0.6) is 0 Å². The Bertz CT molecular complexity index is 975. The summed E-state index contributed by atoms with van der Waals surface area (Å²) < 4.78 is 30.4. The summed E-state index contributed by atoms with van der Waals surface area (Å²) in [4.78, 5) is 26.6.